The Morgan fingerprint density at radius 3 is 2.52 bits per heavy atom. The number of hydrogen-bond donors (Lipinski definition) is 1. The van der Waals surface area contributed by atoms with Crippen molar-refractivity contribution in [3.63, 3.8) is 0 Å². The molecule has 44 heavy (non-hydrogen) atoms. The minimum Gasteiger partial charge on any atom is -0.489 e. The van der Waals surface area contributed by atoms with E-state index < -0.39 is 5.92 Å². The van der Waals surface area contributed by atoms with Gasteiger partial charge in [0.2, 0.25) is 0 Å². The molecule has 1 heterocycles. The second-order valence-electron chi connectivity index (χ2n) is 12.8. The number of anilines is 1. The fourth-order valence-electron chi connectivity index (χ4n) is 6.84. The zero-order valence-corrected chi connectivity index (χ0v) is 26.5. The molecule has 4 aromatic rings. The standard InChI is InChI=1S/C38H36ClN3O2/c1-22-15-26(21-44-34-14-13-27(39)17-23(34)2)24(3)29(16-22)35-30(20-40)37(41)42(32-18-38(4,5)19-33(43)36(32)35)31-12-8-10-25-9-6-7-11-28(25)31/h6-17,35H,18-19,21,41H2,1-5H3. The lowest BCUT2D eigenvalue weighted by Gasteiger charge is -2.44. The number of nitrogens with zero attached hydrogens (tertiary/aromatic N) is 2. The van der Waals surface area contributed by atoms with Crippen LogP contribution in [0.4, 0.5) is 5.69 Å². The summed E-state index contributed by atoms with van der Waals surface area (Å²) < 4.78 is 6.25. The number of ketones is 1. The lowest BCUT2D eigenvalue weighted by atomic mass is 9.67. The lowest BCUT2D eigenvalue weighted by Crippen LogP contribution is -2.42. The van der Waals surface area contributed by atoms with Crippen molar-refractivity contribution in [1.29, 1.82) is 5.26 Å². The van der Waals surface area contributed by atoms with Gasteiger partial charge >= 0.3 is 0 Å². The van der Waals surface area contributed by atoms with Crippen LogP contribution in [0.1, 0.15) is 60.4 Å². The molecule has 5 nitrogen and oxygen atoms in total. The molecule has 0 amide bonds. The van der Waals surface area contributed by atoms with Gasteiger partial charge in [0.25, 0.3) is 0 Å². The van der Waals surface area contributed by atoms with Crippen LogP contribution in [0.5, 0.6) is 5.75 Å². The van der Waals surface area contributed by atoms with Crippen molar-refractivity contribution in [2.75, 3.05) is 4.90 Å². The average Bonchev–Trinajstić information content (AvgIpc) is 2.97. The maximum atomic E-state index is 14.2. The Hall–Kier alpha value is -4.53. The van der Waals surface area contributed by atoms with Gasteiger partial charge in [0.05, 0.1) is 23.2 Å². The number of carbonyl (C=O) groups excluding carboxylic acids is 1. The van der Waals surface area contributed by atoms with E-state index in [4.69, 9.17) is 22.1 Å². The van der Waals surface area contributed by atoms with Gasteiger partial charge in [-0.2, -0.15) is 5.26 Å². The molecule has 2 aliphatic rings. The third-order valence-corrected chi connectivity index (χ3v) is 9.15. The first-order chi connectivity index (χ1) is 21.0. The van der Waals surface area contributed by atoms with Gasteiger partial charge < -0.3 is 10.5 Å². The number of nitriles is 1. The molecule has 6 heteroatoms. The molecule has 2 N–H and O–H groups in total. The van der Waals surface area contributed by atoms with Crippen LogP contribution in [0.15, 0.2) is 95.5 Å². The van der Waals surface area contributed by atoms with Gasteiger partial charge in [-0.05, 0) is 84.5 Å². The number of benzene rings is 4. The summed E-state index contributed by atoms with van der Waals surface area (Å²) in [4.78, 5) is 16.2. The summed E-state index contributed by atoms with van der Waals surface area (Å²) in [6.07, 6.45) is 1.06. The largest absolute Gasteiger partial charge is 0.489 e. The SMILES string of the molecule is Cc1cc(COc2ccc(Cl)cc2C)c(C)c(C2C(C#N)=C(N)N(c3cccc4ccccc34)C3=C2C(=O)CC(C)(C)C3)c1. The Morgan fingerprint density at radius 1 is 1.02 bits per heavy atom. The molecule has 4 aromatic carbocycles. The van der Waals surface area contributed by atoms with E-state index in [9.17, 15) is 10.1 Å². The fraction of sp³-hybridized carbons (Fsp3) is 0.263. The summed E-state index contributed by atoms with van der Waals surface area (Å²) >= 11 is 6.16. The lowest BCUT2D eigenvalue weighted by molar-refractivity contribution is -0.118. The van der Waals surface area contributed by atoms with Crippen molar-refractivity contribution in [2.24, 2.45) is 11.1 Å². The predicted octanol–water partition coefficient (Wildman–Crippen LogP) is 8.94. The molecular weight excluding hydrogens is 566 g/mol. The molecule has 0 radical (unpaired) electrons. The number of rotatable bonds is 5. The van der Waals surface area contributed by atoms with Gasteiger partial charge in [-0.25, -0.2) is 0 Å². The monoisotopic (exact) mass is 601 g/mol. The Morgan fingerprint density at radius 2 is 1.77 bits per heavy atom. The highest BCUT2D eigenvalue weighted by Crippen LogP contribution is 2.51. The summed E-state index contributed by atoms with van der Waals surface area (Å²) in [5, 5.41) is 13.4. The molecule has 0 saturated carbocycles. The highest BCUT2D eigenvalue weighted by molar-refractivity contribution is 6.30. The number of allylic oxidation sites excluding steroid dienone is 3. The molecule has 1 aliphatic heterocycles. The Kier molecular flexibility index (Phi) is 7.51. The molecule has 0 fully saturated rings. The van der Waals surface area contributed by atoms with Crippen LogP contribution in [0, 0.1) is 37.5 Å². The van der Waals surface area contributed by atoms with Crippen molar-refractivity contribution in [1.82, 2.24) is 0 Å². The van der Waals surface area contributed by atoms with E-state index in [1.54, 1.807) is 0 Å². The Labute approximate surface area is 264 Å². The number of aryl methyl sites for hydroxylation is 2. The molecule has 1 unspecified atom stereocenters. The van der Waals surface area contributed by atoms with E-state index in [1.165, 1.54) is 0 Å². The van der Waals surface area contributed by atoms with E-state index >= 15 is 0 Å². The second-order valence-corrected chi connectivity index (χ2v) is 13.3. The van der Waals surface area contributed by atoms with Crippen LogP contribution in [0.25, 0.3) is 10.8 Å². The number of ether oxygens (including phenoxy) is 1. The van der Waals surface area contributed by atoms with Gasteiger partial charge in [0, 0.05) is 28.1 Å². The third kappa shape index (κ3) is 5.14. The minimum absolute atomic E-state index is 0.0576. The first kappa shape index (κ1) is 29.5. The maximum Gasteiger partial charge on any atom is 0.162 e. The van der Waals surface area contributed by atoms with Gasteiger partial charge in [0.15, 0.2) is 5.78 Å². The van der Waals surface area contributed by atoms with Crippen LogP contribution in [-0.4, -0.2) is 5.78 Å². The van der Waals surface area contributed by atoms with Gasteiger partial charge in [-0.15, -0.1) is 0 Å². The van der Waals surface area contributed by atoms with Crippen molar-refractivity contribution in [3.05, 3.63) is 128 Å². The van der Waals surface area contributed by atoms with Crippen LogP contribution in [0.2, 0.25) is 5.02 Å². The van der Waals surface area contributed by atoms with Crippen molar-refractivity contribution >= 4 is 33.8 Å². The first-order valence-electron chi connectivity index (χ1n) is 14.9. The zero-order chi connectivity index (χ0) is 31.3. The van der Waals surface area contributed by atoms with Gasteiger partial charge in [0.1, 0.15) is 18.2 Å². The van der Waals surface area contributed by atoms with E-state index in [0.29, 0.717) is 41.4 Å². The predicted molar refractivity (Wildman–Crippen MR) is 177 cm³/mol. The quantitative estimate of drug-likeness (QED) is 0.247. The summed E-state index contributed by atoms with van der Waals surface area (Å²) in [6.45, 7) is 10.6. The normalized spacial score (nSPS) is 18.0. The first-order valence-corrected chi connectivity index (χ1v) is 15.3. The smallest absolute Gasteiger partial charge is 0.162 e. The minimum atomic E-state index is -0.569. The average molecular weight is 602 g/mol. The molecule has 1 atom stereocenters. The van der Waals surface area contributed by atoms with E-state index in [1.807, 2.05) is 68.1 Å². The number of nitrogens with two attached hydrogens (primary N) is 1. The molecule has 222 valence electrons. The molecule has 6 rings (SSSR count). The summed E-state index contributed by atoms with van der Waals surface area (Å²) in [5.41, 5.74) is 14.4. The van der Waals surface area contributed by atoms with Crippen molar-refractivity contribution < 1.29 is 9.53 Å². The van der Waals surface area contributed by atoms with Crippen LogP contribution in [0.3, 0.4) is 0 Å². The van der Waals surface area contributed by atoms with E-state index in [-0.39, 0.29) is 11.2 Å². The Bertz CT molecular complexity index is 1940. The topological polar surface area (TPSA) is 79.3 Å². The number of halogens is 1. The van der Waals surface area contributed by atoms with Crippen LogP contribution < -0.4 is 15.4 Å². The van der Waals surface area contributed by atoms with Crippen LogP contribution in [-0.2, 0) is 11.4 Å². The van der Waals surface area contributed by atoms with E-state index in [0.717, 1.165) is 55.7 Å². The highest BCUT2D eigenvalue weighted by atomic mass is 35.5. The second kappa shape index (κ2) is 11.2. The van der Waals surface area contributed by atoms with Crippen molar-refractivity contribution in [2.45, 2.75) is 60.0 Å². The summed E-state index contributed by atoms with van der Waals surface area (Å²) in [5.74, 6) is 0.619. The number of fused-ring (bicyclic) bond motifs is 1. The molecule has 0 spiro atoms. The molecular formula is C38H36ClN3O2. The van der Waals surface area contributed by atoms with Crippen molar-refractivity contribution in [3.8, 4) is 11.8 Å². The number of carbonyl (C=O) groups is 1. The summed E-state index contributed by atoms with van der Waals surface area (Å²) in [6, 6.07) is 26.4. The van der Waals surface area contributed by atoms with Gasteiger partial charge in [-0.3, -0.25) is 9.69 Å². The maximum absolute atomic E-state index is 14.2. The molecule has 0 saturated heterocycles. The zero-order valence-electron chi connectivity index (χ0n) is 25.8. The summed E-state index contributed by atoms with van der Waals surface area (Å²) in [7, 11) is 0. The van der Waals surface area contributed by atoms with Crippen LogP contribution >= 0.6 is 11.6 Å². The molecule has 0 aromatic heterocycles. The highest BCUT2D eigenvalue weighted by Gasteiger charge is 2.45. The van der Waals surface area contributed by atoms with E-state index in [2.05, 4.69) is 50.2 Å². The molecule has 1 aliphatic carbocycles. The number of hydrogen-bond acceptors (Lipinski definition) is 5. The Balaban J connectivity index is 1.53. The third-order valence-electron chi connectivity index (χ3n) is 8.92. The van der Waals surface area contributed by atoms with Gasteiger partial charge in [-0.1, -0.05) is 79.5 Å². The number of Topliss-reactive ketones (excluding diaryl/α,β-unsaturated/α-hetero) is 1. The molecule has 0 bridgehead atoms. The fourth-order valence-corrected chi connectivity index (χ4v) is 7.07.